The summed E-state index contributed by atoms with van der Waals surface area (Å²) in [5.41, 5.74) is 2.49. The first kappa shape index (κ1) is 18.5. The van der Waals surface area contributed by atoms with Crippen molar-refractivity contribution in [2.24, 2.45) is 0 Å². The van der Waals surface area contributed by atoms with Crippen LogP contribution in [-0.4, -0.2) is 40.5 Å². The number of urea groups is 1. The summed E-state index contributed by atoms with van der Waals surface area (Å²) in [5, 5.41) is 3.14. The van der Waals surface area contributed by atoms with Crippen LogP contribution in [0.1, 0.15) is 56.5 Å². The number of benzene rings is 1. The molecule has 0 aliphatic carbocycles. The maximum Gasteiger partial charge on any atom is 0.317 e. The standard InChI is InChI=1S/C21H30N4O/c1-4-16-7-9-18(10-8-16)21(2,3)15-24-20(26)25-13-5-6-17(14-25)19-22-11-12-23-19/h7-12,17H,4-6,13-15H2,1-3H3,(H,22,23)(H,24,26). The van der Waals surface area contributed by atoms with Crippen molar-refractivity contribution in [3.05, 3.63) is 53.6 Å². The van der Waals surface area contributed by atoms with E-state index in [0.717, 1.165) is 38.2 Å². The minimum Gasteiger partial charge on any atom is -0.348 e. The number of hydrogen-bond donors (Lipinski definition) is 2. The smallest absolute Gasteiger partial charge is 0.317 e. The Balaban J connectivity index is 1.56. The Labute approximate surface area is 156 Å². The fourth-order valence-electron chi connectivity index (χ4n) is 3.59. The van der Waals surface area contributed by atoms with E-state index < -0.39 is 0 Å². The number of amides is 2. The molecule has 1 aliphatic heterocycles. The van der Waals surface area contributed by atoms with Gasteiger partial charge < -0.3 is 15.2 Å². The molecule has 0 radical (unpaired) electrons. The van der Waals surface area contributed by atoms with E-state index >= 15 is 0 Å². The van der Waals surface area contributed by atoms with Gasteiger partial charge in [-0.25, -0.2) is 9.78 Å². The van der Waals surface area contributed by atoms with Crippen LogP contribution in [-0.2, 0) is 11.8 Å². The molecule has 2 N–H and O–H groups in total. The summed E-state index contributed by atoms with van der Waals surface area (Å²) >= 11 is 0. The van der Waals surface area contributed by atoms with E-state index in [1.165, 1.54) is 11.1 Å². The lowest BCUT2D eigenvalue weighted by molar-refractivity contribution is 0.176. The summed E-state index contributed by atoms with van der Waals surface area (Å²) in [7, 11) is 0. The minimum atomic E-state index is -0.0991. The Hall–Kier alpha value is -2.30. The number of H-pyrrole nitrogens is 1. The molecule has 1 aromatic heterocycles. The quantitative estimate of drug-likeness (QED) is 0.857. The molecule has 1 unspecified atom stereocenters. The largest absolute Gasteiger partial charge is 0.348 e. The average Bonchev–Trinajstić information content (AvgIpc) is 3.21. The molecule has 5 nitrogen and oxygen atoms in total. The van der Waals surface area contributed by atoms with Crippen LogP contribution in [0.5, 0.6) is 0 Å². The molecule has 5 heteroatoms. The van der Waals surface area contributed by atoms with E-state index in [1.54, 1.807) is 6.20 Å². The Morgan fingerprint density at radius 1 is 1.35 bits per heavy atom. The molecule has 140 valence electrons. The third-order valence-electron chi connectivity index (χ3n) is 5.44. The summed E-state index contributed by atoms with van der Waals surface area (Å²) in [6.45, 7) is 8.68. The van der Waals surface area contributed by atoms with Crippen molar-refractivity contribution in [2.75, 3.05) is 19.6 Å². The number of nitrogens with one attached hydrogen (secondary N) is 2. The van der Waals surface area contributed by atoms with Crippen molar-refractivity contribution in [3.8, 4) is 0 Å². The van der Waals surface area contributed by atoms with E-state index in [9.17, 15) is 4.79 Å². The normalized spacial score (nSPS) is 18.0. The van der Waals surface area contributed by atoms with Crippen LogP contribution < -0.4 is 5.32 Å². The maximum absolute atomic E-state index is 12.7. The van der Waals surface area contributed by atoms with Gasteiger partial charge in [-0.2, -0.15) is 0 Å². The number of aromatic amines is 1. The van der Waals surface area contributed by atoms with Crippen molar-refractivity contribution < 1.29 is 4.79 Å². The van der Waals surface area contributed by atoms with Crippen molar-refractivity contribution in [1.29, 1.82) is 0 Å². The summed E-state index contributed by atoms with van der Waals surface area (Å²) in [6.07, 6.45) is 6.76. The summed E-state index contributed by atoms with van der Waals surface area (Å²) in [5.74, 6) is 1.29. The number of carbonyl (C=O) groups is 1. The van der Waals surface area contributed by atoms with Gasteiger partial charge in [0.2, 0.25) is 0 Å². The Bertz CT molecular complexity index is 706. The van der Waals surface area contributed by atoms with Crippen molar-refractivity contribution in [2.45, 2.75) is 51.4 Å². The highest BCUT2D eigenvalue weighted by atomic mass is 16.2. The van der Waals surface area contributed by atoms with Crippen LogP contribution in [0.2, 0.25) is 0 Å². The summed E-state index contributed by atoms with van der Waals surface area (Å²) in [6, 6.07) is 8.74. The number of aryl methyl sites for hydroxylation is 1. The first-order valence-corrected chi connectivity index (χ1v) is 9.61. The number of carbonyl (C=O) groups excluding carboxylic acids is 1. The van der Waals surface area contributed by atoms with Gasteiger partial charge in [-0.15, -0.1) is 0 Å². The number of imidazole rings is 1. The van der Waals surface area contributed by atoms with Crippen LogP contribution in [0.3, 0.4) is 0 Å². The lowest BCUT2D eigenvalue weighted by Crippen LogP contribution is -2.48. The number of aromatic nitrogens is 2. The zero-order valence-corrected chi connectivity index (χ0v) is 16.1. The van der Waals surface area contributed by atoms with Gasteiger partial charge in [0.25, 0.3) is 0 Å². The molecule has 0 bridgehead atoms. The highest BCUT2D eigenvalue weighted by Gasteiger charge is 2.28. The summed E-state index contributed by atoms with van der Waals surface area (Å²) < 4.78 is 0. The van der Waals surface area contributed by atoms with Crippen molar-refractivity contribution >= 4 is 6.03 Å². The highest BCUT2D eigenvalue weighted by Crippen LogP contribution is 2.25. The molecule has 1 fully saturated rings. The molecule has 1 aliphatic rings. The number of piperidine rings is 1. The van der Waals surface area contributed by atoms with Gasteiger partial charge in [0.1, 0.15) is 5.82 Å². The van der Waals surface area contributed by atoms with Crippen molar-refractivity contribution in [1.82, 2.24) is 20.2 Å². The van der Waals surface area contributed by atoms with Crippen LogP contribution in [0.25, 0.3) is 0 Å². The van der Waals surface area contributed by atoms with Gasteiger partial charge in [-0.3, -0.25) is 0 Å². The van der Waals surface area contributed by atoms with E-state index in [4.69, 9.17) is 0 Å². The second-order valence-corrected chi connectivity index (χ2v) is 7.85. The molecule has 1 aromatic carbocycles. The molecule has 0 spiro atoms. The number of nitrogens with zero attached hydrogens (tertiary/aromatic N) is 2. The first-order valence-electron chi connectivity index (χ1n) is 9.61. The number of hydrogen-bond acceptors (Lipinski definition) is 2. The molecule has 2 amide bonds. The van der Waals surface area contributed by atoms with Crippen molar-refractivity contribution in [3.63, 3.8) is 0 Å². The lowest BCUT2D eigenvalue weighted by Gasteiger charge is -2.33. The monoisotopic (exact) mass is 354 g/mol. The molecule has 1 atom stereocenters. The van der Waals surface area contributed by atoms with E-state index in [1.807, 2.05) is 11.1 Å². The zero-order valence-electron chi connectivity index (χ0n) is 16.1. The van der Waals surface area contributed by atoms with Gasteiger partial charge in [0.15, 0.2) is 0 Å². The van der Waals surface area contributed by atoms with Crippen LogP contribution >= 0.6 is 0 Å². The van der Waals surface area contributed by atoms with Gasteiger partial charge in [0.05, 0.1) is 0 Å². The van der Waals surface area contributed by atoms with Crippen LogP contribution in [0, 0.1) is 0 Å². The Kier molecular flexibility index (Phi) is 5.64. The number of rotatable bonds is 5. The van der Waals surface area contributed by atoms with Gasteiger partial charge >= 0.3 is 6.03 Å². The molecule has 0 saturated carbocycles. The molecule has 26 heavy (non-hydrogen) atoms. The molecule has 3 rings (SSSR count). The second kappa shape index (κ2) is 7.94. The predicted octanol–water partition coefficient (Wildman–Crippen LogP) is 3.84. The van der Waals surface area contributed by atoms with Gasteiger partial charge in [-0.1, -0.05) is 45.0 Å². The predicted molar refractivity (Wildman–Crippen MR) is 104 cm³/mol. The molecule has 2 heterocycles. The van der Waals surface area contributed by atoms with E-state index in [-0.39, 0.29) is 11.4 Å². The SMILES string of the molecule is CCc1ccc(C(C)(C)CNC(=O)N2CCCC(c3ncc[nH]3)C2)cc1. The fraction of sp³-hybridized carbons (Fsp3) is 0.524. The molecule has 1 saturated heterocycles. The highest BCUT2D eigenvalue weighted by molar-refractivity contribution is 5.74. The summed E-state index contributed by atoms with van der Waals surface area (Å²) in [4.78, 5) is 22.1. The van der Waals surface area contributed by atoms with Gasteiger partial charge in [0, 0.05) is 43.4 Å². The lowest BCUT2D eigenvalue weighted by atomic mass is 9.84. The van der Waals surface area contributed by atoms with Crippen LogP contribution in [0.15, 0.2) is 36.7 Å². The Morgan fingerprint density at radius 2 is 2.12 bits per heavy atom. The molecular weight excluding hydrogens is 324 g/mol. The topological polar surface area (TPSA) is 61.0 Å². The van der Waals surface area contributed by atoms with E-state index in [0.29, 0.717) is 12.5 Å². The minimum absolute atomic E-state index is 0.0273. The van der Waals surface area contributed by atoms with E-state index in [2.05, 4.69) is 60.3 Å². The maximum atomic E-state index is 12.7. The second-order valence-electron chi connectivity index (χ2n) is 7.85. The fourth-order valence-corrected chi connectivity index (χ4v) is 3.59. The number of likely N-dealkylation sites (tertiary alicyclic amines) is 1. The molecule has 2 aromatic rings. The molecular formula is C21H30N4O. The third kappa shape index (κ3) is 4.26. The zero-order chi connectivity index (χ0) is 18.6. The van der Waals surface area contributed by atoms with Crippen LogP contribution in [0.4, 0.5) is 4.79 Å². The average molecular weight is 354 g/mol. The van der Waals surface area contributed by atoms with Gasteiger partial charge in [-0.05, 0) is 30.4 Å². The third-order valence-corrected chi connectivity index (χ3v) is 5.44. The first-order chi connectivity index (χ1) is 12.5. The Morgan fingerprint density at radius 3 is 2.77 bits per heavy atom.